The van der Waals surface area contributed by atoms with Crippen LogP contribution in [0.25, 0.3) is 0 Å². The molecule has 7 heteroatoms. The first-order valence-electron chi connectivity index (χ1n) is 8.73. The van der Waals surface area contributed by atoms with Gasteiger partial charge < -0.3 is 15.5 Å². The summed E-state index contributed by atoms with van der Waals surface area (Å²) in [5.41, 5.74) is 0.758. The van der Waals surface area contributed by atoms with Crippen LogP contribution in [0.4, 0.5) is 4.39 Å². The Hall–Kier alpha value is -0.410. The van der Waals surface area contributed by atoms with Gasteiger partial charge in [-0.3, -0.25) is 4.99 Å². The lowest BCUT2D eigenvalue weighted by Crippen LogP contribution is -2.40. The van der Waals surface area contributed by atoms with Gasteiger partial charge in [0.25, 0.3) is 0 Å². The Balaban J connectivity index is 0.00000312. The highest BCUT2D eigenvalue weighted by Crippen LogP contribution is 2.16. The fourth-order valence-corrected chi connectivity index (χ4v) is 3.37. The van der Waals surface area contributed by atoms with Crippen molar-refractivity contribution < 1.29 is 4.39 Å². The molecule has 1 unspecified atom stereocenters. The summed E-state index contributed by atoms with van der Waals surface area (Å²) in [6.45, 7) is 7.45. The quantitative estimate of drug-likeness (QED) is 0.246. The Bertz CT molecular complexity index is 556. The van der Waals surface area contributed by atoms with Gasteiger partial charge >= 0.3 is 0 Å². The Labute approximate surface area is 176 Å². The maximum Gasteiger partial charge on any atom is 0.190 e. The Kier molecular flexibility index (Phi) is 10.9. The molecule has 0 bridgehead atoms. The van der Waals surface area contributed by atoms with Crippen molar-refractivity contribution in [3.05, 3.63) is 34.1 Å². The fourth-order valence-electron chi connectivity index (χ4n) is 3.04. The first-order chi connectivity index (χ1) is 11.6. The highest BCUT2D eigenvalue weighted by atomic mass is 127. The Morgan fingerprint density at radius 3 is 2.84 bits per heavy atom. The van der Waals surface area contributed by atoms with Crippen molar-refractivity contribution in [3.8, 4) is 0 Å². The van der Waals surface area contributed by atoms with Crippen LogP contribution in [0.2, 0.25) is 0 Å². The van der Waals surface area contributed by atoms with E-state index in [0.717, 1.165) is 48.5 Å². The molecule has 1 aromatic carbocycles. The van der Waals surface area contributed by atoms with E-state index in [9.17, 15) is 4.39 Å². The molecular formula is C18H29BrFIN4. The smallest absolute Gasteiger partial charge is 0.190 e. The second-order valence-corrected chi connectivity index (χ2v) is 7.18. The number of rotatable bonds is 7. The molecule has 1 heterocycles. The SMILES string of the molecule is CCN1CCC(CNC(=NC)NCCCc2ccc(Br)cc2F)C1.I. The third-order valence-corrected chi connectivity index (χ3v) is 5.02. The minimum absolute atomic E-state index is 0. The van der Waals surface area contributed by atoms with Gasteiger partial charge in [0.05, 0.1) is 0 Å². The van der Waals surface area contributed by atoms with Gasteiger partial charge in [0, 0.05) is 31.2 Å². The summed E-state index contributed by atoms with van der Waals surface area (Å²) in [5, 5.41) is 6.72. The van der Waals surface area contributed by atoms with E-state index < -0.39 is 0 Å². The number of halogens is 3. The molecular weight excluding hydrogens is 498 g/mol. The van der Waals surface area contributed by atoms with Gasteiger partial charge in [-0.2, -0.15) is 0 Å². The molecule has 1 aliphatic rings. The van der Waals surface area contributed by atoms with Gasteiger partial charge in [-0.1, -0.05) is 28.9 Å². The summed E-state index contributed by atoms with van der Waals surface area (Å²) in [7, 11) is 1.79. The molecule has 1 aliphatic heterocycles. The van der Waals surface area contributed by atoms with E-state index in [1.807, 2.05) is 12.1 Å². The average Bonchev–Trinajstić information content (AvgIpc) is 3.04. The second kappa shape index (κ2) is 12.1. The van der Waals surface area contributed by atoms with Gasteiger partial charge in [-0.05, 0) is 56.0 Å². The third-order valence-electron chi connectivity index (χ3n) is 4.53. The molecule has 0 aromatic heterocycles. The van der Waals surface area contributed by atoms with Crippen LogP contribution in [-0.4, -0.2) is 50.6 Å². The second-order valence-electron chi connectivity index (χ2n) is 6.27. The molecule has 1 aromatic rings. The zero-order valence-corrected chi connectivity index (χ0v) is 18.9. The first-order valence-corrected chi connectivity index (χ1v) is 9.52. The van der Waals surface area contributed by atoms with Crippen molar-refractivity contribution in [2.45, 2.75) is 26.2 Å². The number of guanidine groups is 1. The maximum absolute atomic E-state index is 13.8. The summed E-state index contributed by atoms with van der Waals surface area (Å²) in [6, 6.07) is 5.24. The van der Waals surface area contributed by atoms with Gasteiger partial charge in [0.15, 0.2) is 5.96 Å². The molecule has 1 fully saturated rings. The first kappa shape index (κ1) is 22.6. The molecule has 0 spiro atoms. The highest BCUT2D eigenvalue weighted by Gasteiger charge is 2.20. The van der Waals surface area contributed by atoms with E-state index in [0.29, 0.717) is 5.92 Å². The van der Waals surface area contributed by atoms with Gasteiger partial charge in [0.1, 0.15) is 5.82 Å². The van der Waals surface area contributed by atoms with E-state index in [-0.39, 0.29) is 29.8 Å². The van der Waals surface area contributed by atoms with Gasteiger partial charge in [0.2, 0.25) is 0 Å². The van der Waals surface area contributed by atoms with Crippen LogP contribution in [0, 0.1) is 11.7 Å². The summed E-state index contributed by atoms with van der Waals surface area (Å²) in [6.07, 6.45) is 2.84. The normalized spacial score (nSPS) is 18.1. The molecule has 4 nitrogen and oxygen atoms in total. The molecule has 1 saturated heterocycles. The third kappa shape index (κ3) is 7.78. The molecule has 2 rings (SSSR count). The monoisotopic (exact) mass is 526 g/mol. The van der Waals surface area contributed by atoms with Gasteiger partial charge in [-0.15, -0.1) is 24.0 Å². The predicted octanol–water partition coefficient (Wildman–Crippen LogP) is 3.65. The van der Waals surface area contributed by atoms with Crippen LogP contribution in [0.3, 0.4) is 0 Å². The summed E-state index contributed by atoms with van der Waals surface area (Å²) >= 11 is 3.28. The average molecular weight is 527 g/mol. The van der Waals surface area contributed by atoms with Crippen LogP contribution in [-0.2, 0) is 6.42 Å². The van der Waals surface area contributed by atoms with Crippen LogP contribution in [0.1, 0.15) is 25.3 Å². The van der Waals surface area contributed by atoms with Crippen LogP contribution >= 0.6 is 39.9 Å². The Morgan fingerprint density at radius 2 is 2.20 bits per heavy atom. The standard InChI is InChI=1S/C18H28BrFN4.HI/c1-3-24-10-8-14(13-24)12-23-18(21-2)22-9-4-5-15-6-7-16(19)11-17(15)20;/h6-7,11,14H,3-5,8-10,12-13H2,1-2H3,(H2,21,22,23);1H. The molecule has 2 N–H and O–H groups in total. The van der Waals surface area contributed by atoms with Crippen molar-refractivity contribution in [1.29, 1.82) is 0 Å². The molecule has 0 saturated carbocycles. The number of likely N-dealkylation sites (tertiary alicyclic amines) is 1. The zero-order valence-electron chi connectivity index (χ0n) is 15.0. The lowest BCUT2D eigenvalue weighted by Gasteiger charge is -2.16. The number of nitrogens with one attached hydrogen (secondary N) is 2. The van der Waals surface area contributed by atoms with Crippen LogP contribution in [0.15, 0.2) is 27.7 Å². The number of hydrogen-bond acceptors (Lipinski definition) is 2. The van der Waals surface area contributed by atoms with Gasteiger partial charge in [-0.25, -0.2) is 4.39 Å². The number of aliphatic imine (C=N–C) groups is 1. The summed E-state index contributed by atoms with van der Waals surface area (Å²) < 4.78 is 14.5. The zero-order chi connectivity index (χ0) is 17.4. The highest BCUT2D eigenvalue weighted by molar-refractivity contribution is 14.0. The van der Waals surface area contributed by atoms with Crippen molar-refractivity contribution in [2.75, 3.05) is 39.8 Å². The number of nitrogens with zero attached hydrogens (tertiary/aromatic N) is 2. The predicted molar refractivity (Wildman–Crippen MR) is 117 cm³/mol. The van der Waals surface area contributed by atoms with E-state index >= 15 is 0 Å². The minimum Gasteiger partial charge on any atom is -0.356 e. The maximum atomic E-state index is 13.8. The van der Waals surface area contributed by atoms with Crippen molar-refractivity contribution >= 4 is 45.9 Å². The number of benzene rings is 1. The van der Waals surface area contributed by atoms with Crippen molar-refractivity contribution in [1.82, 2.24) is 15.5 Å². The molecule has 0 radical (unpaired) electrons. The topological polar surface area (TPSA) is 39.7 Å². The molecule has 1 atom stereocenters. The number of hydrogen-bond donors (Lipinski definition) is 2. The van der Waals surface area contributed by atoms with E-state index in [2.05, 4.69) is 43.4 Å². The largest absolute Gasteiger partial charge is 0.356 e. The van der Waals surface area contributed by atoms with Crippen LogP contribution in [0.5, 0.6) is 0 Å². The lowest BCUT2D eigenvalue weighted by molar-refractivity contribution is 0.342. The summed E-state index contributed by atoms with van der Waals surface area (Å²) in [5.74, 6) is 1.38. The van der Waals surface area contributed by atoms with E-state index in [1.54, 1.807) is 7.05 Å². The van der Waals surface area contributed by atoms with E-state index in [4.69, 9.17) is 0 Å². The number of aryl methyl sites for hydroxylation is 1. The fraction of sp³-hybridized carbons (Fsp3) is 0.611. The molecule has 0 amide bonds. The Morgan fingerprint density at radius 1 is 1.40 bits per heavy atom. The molecule has 142 valence electrons. The van der Waals surface area contributed by atoms with Crippen molar-refractivity contribution in [3.63, 3.8) is 0 Å². The van der Waals surface area contributed by atoms with Crippen molar-refractivity contribution in [2.24, 2.45) is 10.9 Å². The summed E-state index contributed by atoms with van der Waals surface area (Å²) in [4.78, 5) is 6.74. The molecule has 0 aliphatic carbocycles. The minimum atomic E-state index is -0.145. The van der Waals surface area contributed by atoms with Crippen LogP contribution < -0.4 is 10.6 Å². The van der Waals surface area contributed by atoms with E-state index in [1.165, 1.54) is 25.6 Å². The lowest BCUT2D eigenvalue weighted by atomic mass is 10.1. The molecule has 25 heavy (non-hydrogen) atoms.